The van der Waals surface area contributed by atoms with Crippen LogP contribution in [0.1, 0.15) is 0 Å². The van der Waals surface area contributed by atoms with Crippen LogP contribution in [0.25, 0.3) is 54.2 Å². The van der Waals surface area contributed by atoms with Crippen LogP contribution in [0, 0.1) is 0 Å². The molecule has 0 unspecified atom stereocenters. The molecule has 6 aromatic rings. The van der Waals surface area contributed by atoms with Gasteiger partial charge in [-0.1, -0.05) is 60.7 Å². The SMILES string of the molecule is c1ccc2cc3c(ccc4c(-c5ccsc5)c5ccccc5cc43)cc2c1. The van der Waals surface area contributed by atoms with E-state index in [-0.39, 0.29) is 0 Å². The Morgan fingerprint density at radius 1 is 0.481 bits per heavy atom. The van der Waals surface area contributed by atoms with Gasteiger partial charge in [0.1, 0.15) is 0 Å². The minimum Gasteiger partial charge on any atom is -0.152 e. The summed E-state index contributed by atoms with van der Waals surface area (Å²) in [5.41, 5.74) is 2.65. The molecule has 1 heterocycles. The van der Waals surface area contributed by atoms with Gasteiger partial charge in [-0.05, 0) is 89.2 Å². The predicted molar refractivity (Wildman–Crippen MR) is 120 cm³/mol. The van der Waals surface area contributed by atoms with Crippen molar-refractivity contribution in [3.8, 4) is 11.1 Å². The van der Waals surface area contributed by atoms with E-state index in [2.05, 4.69) is 95.7 Å². The number of rotatable bonds is 1. The molecule has 0 fully saturated rings. The molecule has 0 radical (unpaired) electrons. The molecule has 0 amide bonds. The van der Waals surface area contributed by atoms with Crippen molar-refractivity contribution in [1.82, 2.24) is 0 Å². The maximum Gasteiger partial charge on any atom is -0.00143 e. The maximum absolute atomic E-state index is 2.36. The molecular formula is C26H16S. The Balaban J connectivity index is 1.86. The number of thiophene rings is 1. The summed E-state index contributed by atoms with van der Waals surface area (Å²) < 4.78 is 0. The molecule has 1 heteroatoms. The van der Waals surface area contributed by atoms with Gasteiger partial charge in [-0.2, -0.15) is 11.3 Å². The summed E-state index contributed by atoms with van der Waals surface area (Å²) in [4.78, 5) is 0. The molecule has 0 aliphatic heterocycles. The monoisotopic (exact) mass is 360 g/mol. The predicted octanol–water partition coefficient (Wildman–Crippen LogP) is 8.03. The third-order valence-corrected chi connectivity index (χ3v) is 6.22. The van der Waals surface area contributed by atoms with Gasteiger partial charge in [0.25, 0.3) is 0 Å². The van der Waals surface area contributed by atoms with Crippen molar-refractivity contribution in [2.75, 3.05) is 0 Å². The molecule has 0 spiro atoms. The van der Waals surface area contributed by atoms with Gasteiger partial charge in [-0.15, -0.1) is 0 Å². The molecule has 5 aromatic carbocycles. The molecule has 0 N–H and O–H groups in total. The van der Waals surface area contributed by atoms with E-state index in [0.717, 1.165) is 0 Å². The molecule has 0 aliphatic carbocycles. The topological polar surface area (TPSA) is 0 Å². The van der Waals surface area contributed by atoms with Crippen LogP contribution in [0.2, 0.25) is 0 Å². The van der Waals surface area contributed by atoms with Gasteiger partial charge in [0, 0.05) is 0 Å². The first-order chi connectivity index (χ1) is 13.4. The first-order valence-corrected chi connectivity index (χ1v) is 10.1. The van der Waals surface area contributed by atoms with E-state index in [1.807, 2.05) is 0 Å². The standard InChI is InChI=1S/C26H16S/c1-2-6-18-14-24-20(13-17(18)5-1)9-10-23-25(24)15-19-7-3-4-8-22(19)26(23)21-11-12-27-16-21/h1-16H. The summed E-state index contributed by atoms with van der Waals surface area (Å²) in [5.74, 6) is 0. The quantitative estimate of drug-likeness (QED) is 0.206. The van der Waals surface area contributed by atoms with Crippen molar-refractivity contribution in [2.45, 2.75) is 0 Å². The summed E-state index contributed by atoms with van der Waals surface area (Å²) in [6.07, 6.45) is 0. The average Bonchev–Trinajstić information content (AvgIpc) is 3.25. The highest BCUT2D eigenvalue weighted by molar-refractivity contribution is 7.08. The summed E-state index contributed by atoms with van der Waals surface area (Å²) in [7, 11) is 0. The Hall–Kier alpha value is -3.16. The third-order valence-electron chi connectivity index (χ3n) is 5.54. The van der Waals surface area contributed by atoms with Crippen LogP contribution in [0.3, 0.4) is 0 Å². The van der Waals surface area contributed by atoms with Gasteiger partial charge in [0.05, 0.1) is 0 Å². The fourth-order valence-electron chi connectivity index (χ4n) is 4.28. The van der Waals surface area contributed by atoms with E-state index < -0.39 is 0 Å². The lowest BCUT2D eigenvalue weighted by atomic mass is 9.90. The lowest BCUT2D eigenvalue weighted by Gasteiger charge is -2.13. The van der Waals surface area contributed by atoms with Crippen molar-refractivity contribution in [3.63, 3.8) is 0 Å². The highest BCUT2D eigenvalue weighted by atomic mass is 32.1. The Bertz CT molecular complexity index is 1460. The van der Waals surface area contributed by atoms with Crippen LogP contribution in [0.15, 0.2) is 95.7 Å². The number of hydrogen-bond donors (Lipinski definition) is 0. The smallest absolute Gasteiger partial charge is 0.00143 e. The lowest BCUT2D eigenvalue weighted by molar-refractivity contribution is 1.76. The van der Waals surface area contributed by atoms with Crippen LogP contribution in [0.4, 0.5) is 0 Å². The molecule has 1 aromatic heterocycles. The van der Waals surface area contributed by atoms with Crippen LogP contribution >= 0.6 is 11.3 Å². The van der Waals surface area contributed by atoms with Crippen molar-refractivity contribution < 1.29 is 0 Å². The van der Waals surface area contributed by atoms with E-state index in [0.29, 0.717) is 0 Å². The number of hydrogen-bond acceptors (Lipinski definition) is 1. The zero-order valence-electron chi connectivity index (χ0n) is 14.6. The number of fused-ring (bicyclic) bond motifs is 5. The largest absolute Gasteiger partial charge is 0.152 e. The molecule has 0 nitrogen and oxygen atoms in total. The van der Waals surface area contributed by atoms with Gasteiger partial charge in [-0.3, -0.25) is 0 Å². The zero-order chi connectivity index (χ0) is 17.8. The fourth-order valence-corrected chi connectivity index (χ4v) is 4.93. The van der Waals surface area contributed by atoms with Crippen molar-refractivity contribution in [3.05, 3.63) is 95.7 Å². The van der Waals surface area contributed by atoms with Gasteiger partial charge in [0.15, 0.2) is 0 Å². The highest BCUT2D eigenvalue weighted by Crippen LogP contribution is 2.40. The second kappa shape index (κ2) is 5.67. The third kappa shape index (κ3) is 2.22. The zero-order valence-corrected chi connectivity index (χ0v) is 15.5. The van der Waals surface area contributed by atoms with Crippen LogP contribution < -0.4 is 0 Å². The molecule has 126 valence electrons. The minimum absolute atomic E-state index is 1.29. The van der Waals surface area contributed by atoms with Gasteiger partial charge in [-0.25, -0.2) is 0 Å². The molecule has 0 aliphatic rings. The highest BCUT2D eigenvalue weighted by Gasteiger charge is 2.12. The Morgan fingerprint density at radius 3 is 2.00 bits per heavy atom. The minimum atomic E-state index is 1.29. The summed E-state index contributed by atoms with van der Waals surface area (Å²) in [5, 5.41) is 14.9. The van der Waals surface area contributed by atoms with E-state index in [1.165, 1.54) is 54.2 Å². The van der Waals surface area contributed by atoms with E-state index in [9.17, 15) is 0 Å². The van der Waals surface area contributed by atoms with E-state index in [4.69, 9.17) is 0 Å². The van der Waals surface area contributed by atoms with E-state index >= 15 is 0 Å². The lowest BCUT2D eigenvalue weighted by Crippen LogP contribution is -1.86. The van der Waals surface area contributed by atoms with Crippen LogP contribution in [0.5, 0.6) is 0 Å². The fraction of sp³-hybridized carbons (Fsp3) is 0. The van der Waals surface area contributed by atoms with Crippen LogP contribution in [-0.4, -0.2) is 0 Å². The van der Waals surface area contributed by atoms with E-state index in [1.54, 1.807) is 11.3 Å². The molecule has 0 saturated carbocycles. The first-order valence-electron chi connectivity index (χ1n) is 9.18. The van der Waals surface area contributed by atoms with Gasteiger partial charge < -0.3 is 0 Å². The molecule has 0 saturated heterocycles. The summed E-state index contributed by atoms with van der Waals surface area (Å²) in [6.45, 7) is 0. The average molecular weight is 360 g/mol. The molecule has 0 bridgehead atoms. The van der Waals surface area contributed by atoms with Crippen molar-refractivity contribution >= 4 is 54.4 Å². The molecule has 0 atom stereocenters. The molecule has 27 heavy (non-hydrogen) atoms. The Labute approximate surface area is 161 Å². The summed E-state index contributed by atoms with van der Waals surface area (Å²) >= 11 is 1.76. The maximum atomic E-state index is 2.36. The first kappa shape index (κ1) is 15.0. The normalized spacial score (nSPS) is 11.7. The molecule has 6 rings (SSSR count). The van der Waals surface area contributed by atoms with Crippen molar-refractivity contribution in [1.29, 1.82) is 0 Å². The van der Waals surface area contributed by atoms with Crippen molar-refractivity contribution in [2.24, 2.45) is 0 Å². The van der Waals surface area contributed by atoms with Gasteiger partial charge in [0.2, 0.25) is 0 Å². The van der Waals surface area contributed by atoms with Crippen LogP contribution in [-0.2, 0) is 0 Å². The Morgan fingerprint density at radius 2 is 1.19 bits per heavy atom. The summed E-state index contributed by atoms with van der Waals surface area (Å²) in [6, 6.07) is 31.2. The second-order valence-electron chi connectivity index (χ2n) is 7.07. The Kier molecular flexibility index (Phi) is 3.14. The van der Waals surface area contributed by atoms with Gasteiger partial charge >= 0.3 is 0 Å². The second-order valence-corrected chi connectivity index (χ2v) is 7.85. The molecular weight excluding hydrogens is 344 g/mol. The number of benzene rings is 5.